The third kappa shape index (κ3) is 6.97. The molecule has 2 N–H and O–H groups in total. The van der Waals surface area contributed by atoms with Crippen molar-refractivity contribution in [3.05, 3.63) is 42.0 Å². The molecular formula is C23H33FN6O4. The molecule has 0 saturated heterocycles. The molecule has 0 unspecified atom stereocenters. The number of aliphatic hydroxyl groups excluding tert-OH is 1. The van der Waals surface area contributed by atoms with Crippen LogP contribution in [0, 0.1) is 11.7 Å². The van der Waals surface area contributed by atoms with Gasteiger partial charge in [-0.05, 0) is 37.6 Å². The molecule has 0 aliphatic carbocycles. The summed E-state index contributed by atoms with van der Waals surface area (Å²) < 4.78 is 21.0. The molecule has 10 nitrogen and oxygen atoms in total. The van der Waals surface area contributed by atoms with E-state index < -0.39 is 6.10 Å². The highest BCUT2D eigenvalue weighted by molar-refractivity contribution is 5.89. The van der Waals surface area contributed by atoms with Gasteiger partial charge in [0.2, 0.25) is 5.91 Å². The molecule has 2 bridgehead atoms. The maximum Gasteiger partial charge on any atom is 0.321 e. The Morgan fingerprint density at radius 3 is 2.82 bits per heavy atom. The second-order valence-corrected chi connectivity index (χ2v) is 8.80. The average Bonchev–Trinajstić information content (AvgIpc) is 3.27. The van der Waals surface area contributed by atoms with Crippen molar-refractivity contribution in [3.8, 4) is 0 Å². The van der Waals surface area contributed by atoms with E-state index in [2.05, 4.69) is 15.6 Å². The van der Waals surface area contributed by atoms with Crippen LogP contribution in [0.4, 0.5) is 14.9 Å². The van der Waals surface area contributed by atoms with Gasteiger partial charge in [-0.2, -0.15) is 0 Å². The summed E-state index contributed by atoms with van der Waals surface area (Å²) in [7, 11) is 1.64. The Bertz CT molecular complexity index is 953. The summed E-state index contributed by atoms with van der Waals surface area (Å²) in [6.07, 6.45) is 2.32. The zero-order valence-electron chi connectivity index (χ0n) is 19.9. The van der Waals surface area contributed by atoms with Crippen LogP contribution in [0.5, 0.6) is 0 Å². The number of hydrogen-bond acceptors (Lipinski definition) is 6. The van der Waals surface area contributed by atoms with E-state index in [1.807, 2.05) is 13.8 Å². The molecule has 2 aromatic rings. The summed E-state index contributed by atoms with van der Waals surface area (Å²) in [5, 5.41) is 20.7. The molecule has 1 aliphatic heterocycles. The number of amides is 3. The number of hydrogen-bond donors (Lipinski definition) is 2. The number of aliphatic hydroxyl groups is 1. The fraction of sp³-hybridized carbons (Fsp3) is 0.565. The number of aromatic nitrogens is 3. The summed E-state index contributed by atoms with van der Waals surface area (Å²) in [6, 6.07) is 4.82. The summed E-state index contributed by atoms with van der Waals surface area (Å²) in [6.45, 7) is 5.02. The maximum absolute atomic E-state index is 13.1. The average molecular weight is 477 g/mol. The van der Waals surface area contributed by atoms with Gasteiger partial charge in [-0.3, -0.25) is 9.48 Å². The standard InChI is InChI=1S/C23H33FN6O4/c1-16-11-30(17(2)14-31)22(32)5-4-10-29-12-20(26-27-29)15-34-21(16)13-28(3)23(33)25-19-8-6-18(24)7-9-19/h6-9,12,16-17,21,31H,4-5,10-11,13-15H2,1-3H3,(H,25,33)/t16-,17+,21-/m1/s1. The summed E-state index contributed by atoms with van der Waals surface area (Å²) in [4.78, 5) is 28.8. The van der Waals surface area contributed by atoms with Crippen LogP contribution in [0.15, 0.2) is 30.5 Å². The van der Waals surface area contributed by atoms with Crippen LogP contribution in [-0.4, -0.2) is 80.7 Å². The molecule has 11 heteroatoms. The molecule has 34 heavy (non-hydrogen) atoms. The van der Waals surface area contributed by atoms with Crippen molar-refractivity contribution in [1.82, 2.24) is 24.8 Å². The first-order valence-electron chi connectivity index (χ1n) is 11.5. The molecule has 186 valence electrons. The van der Waals surface area contributed by atoms with Crippen molar-refractivity contribution in [2.75, 3.05) is 32.1 Å². The topological polar surface area (TPSA) is 113 Å². The van der Waals surface area contributed by atoms with E-state index in [0.717, 1.165) is 0 Å². The lowest BCUT2D eigenvalue weighted by molar-refractivity contribution is -0.136. The maximum atomic E-state index is 13.1. The molecule has 3 atom stereocenters. The van der Waals surface area contributed by atoms with Gasteiger partial charge in [0.25, 0.3) is 0 Å². The molecular weight excluding hydrogens is 443 g/mol. The van der Waals surface area contributed by atoms with Gasteiger partial charge in [0.15, 0.2) is 0 Å². The molecule has 1 aliphatic rings. The first-order valence-corrected chi connectivity index (χ1v) is 11.5. The number of urea groups is 1. The third-order valence-electron chi connectivity index (χ3n) is 5.94. The van der Waals surface area contributed by atoms with Crippen LogP contribution >= 0.6 is 0 Å². The van der Waals surface area contributed by atoms with Crippen molar-refractivity contribution >= 4 is 17.6 Å². The predicted molar refractivity (Wildman–Crippen MR) is 123 cm³/mol. The van der Waals surface area contributed by atoms with E-state index in [-0.39, 0.29) is 49.5 Å². The first-order chi connectivity index (χ1) is 16.3. The molecule has 1 aromatic heterocycles. The van der Waals surface area contributed by atoms with Crippen molar-refractivity contribution in [2.24, 2.45) is 5.92 Å². The molecule has 2 heterocycles. The minimum Gasteiger partial charge on any atom is -0.394 e. The van der Waals surface area contributed by atoms with Gasteiger partial charge in [0.05, 0.1) is 31.6 Å². The highest BCUT2D eigenvalue weighted by atomic mass is 19.1. The highest BCUT2D eigenvalue weighted by Gasteiger charge is 2.28. The number of benzene rings is 1. The number of ether oxygens (including phenoxy) is 1. The molecule has 1 aromatic carbocycles. The minimum atomic E-state index is -0.420. The normalized spacial score (nSPS) is 20.6. The lowest BCUT2D eigenvalue weighted by Gasteiger charge is -2.35. The Hall–Kier alpha value is -3.05. The zero-order chi connectivity index (χ0) is 24.7. The molecule has 0 radical (unpaired) electrons. The van der Waals surface area contributed by atoms with Crippen molar-refractivity contribution in [2.45, 2.75) is 52.0 Å². The largest absolute Gasteiger partial charge is 0.394 e. The summed E-state index contributed by atoms with van der Waals surface area (Å²) in [5.41, 5.74) is 1.15. The molecule has 3 rings (SSSR count). The van der Waals surface area contributed by atoms with Crippen LogP contribution in [0.2, 0.25) is 0 Å². The molecule has 3 amide bonds. The smallest absolute Gasteiger partial charge is 0.321 e. The van der Waals surface area contributed by atoms with E-state index in [1.54, 1.807) is 22.8 Å². The van der Waals surface area contributed by atoms with Gasteiger partial charge in [0.1, 0.15) is 11.5 Å². The molecule has 0 fully saturated rings. The fourth-order valence-corrected chi connectivity index (χ4v) is 3.80. The predicted octanol–water partition coefficient (Wildman–Crippen LogP) is 2.11. The number of fused-ring (bicyclic) bond motifs is 2. The number of likely N-dealkylation sites (N-methyl/N-ethyl adjacent to an activating group) is 1. The second-order valence-electron chi connectivity index (χ2n) is 8.80. The van der Waals surface area contributed by atoms with Crippen molar-refractivity contribution in [3.63, 3.8) is 0 Å². The number of carbonyl (C=O) groups excluding carboxylic acids is 2. The third-order valence-corrected chi connectivity index (χ3v) is 5.94. The number of halogens is 1. The fourth-order valence-electron chi connectivity index (χ4n) is 3.80. The Morgan fingerprint density at radius 2 is 2.12 bits per heavy atom. The van der Waals surface area contributed by atoms with Gasteiger partial charge in [0, 0.05) is 44.7 Å². The lowest BCUT2D eigenvalue weighted by Crippen LogP contribution is -2.48. The zero-order valence-corrected chi connectivity index (χ0v) is 19.9. The van der Waals surface area contributed by atoms with E-state index in [4.69, 9.17) is 4.74 Å². The van der Waals surface area contributed by atoms with E-state index in [9.17, 15) is 19.1 Å². The van der Waals surface area contributed by atoms with E-state index >= 15 is 0 Å². The number of nitrogens with one attached hydrogen (secondary N) is 1. The van der Waals surface area contributed by atoms with Gasteiger partial charge in [-0.15, -0.1) is 5.10 Å². The molecule has 0 saturated carbocycles. The SMILES string of the molecule is C[C@@H]1CN([C@@H](C)CO)C(=O)CCCn2cc(nn2)CO[C@@H]1CN(C)C(=O)Nc1ccc(F)cc1. The van der Waals surface area contributed by atoms with Crippen LogP contribution in [0.1, 0.15) is 32.4 Å². The Kier molecular flexibility index (Phi) is 8.94. The quantitative estimate of drug-likeness (QED) is 0.684. The van der Waals surface area contributed by atoms with Crippen molar-refractivity contribution in [1.29, 1.82) is 0 Å². The van der Waals surface area contributed by atoms with Crippen LogP contribution in [0.25, 0.3) is 0 Å². The highest BCUT2D eigenvalue weighted by Crippen LogP contribution is 2.18. The number of rotatable bonds is 5. The lowest BCUT2D eigenvalue weighted by atomic mass is 10.0. The minimum absolute atomic E-state index is 0.0471. The Labute approximate surface area is 198 Å². The van der Waals surface area contributed by atoms with E-state index in [1.165, 1.54) is 29.2 Å². The monoisotopic (exact) mass is 476 g/mol. The number of nitrogens with zero attached hydrogens (tertiary/aromatic N) is 5. The number of aryl methyl sites for hydroxylation is 1. The van der Waals surface area contributed by atoms with Crippen LogP contribution in [-0.2, 0) is 22.7 Å². The molecule has 0 spiro atoms. The van der Waals surface area contributed by atoms with Crippen LogP contribution < -0.4 is 5.32 Å². The van der Waals surface area contributed by atoms with Gasteiger partial charge >= 0.3 is 6.03 Å². The second kappa shape index (κ2) is 11.9. The Balaban J connectivity index is 1.75. The van der Waals surface area contributed by atoms with Crippen molar-refractivity contribution < 1.29 is 23.8 Å². The van der Waals surface area contributed by atoms with Gasteiger partial charge in [-0.1, -0.05) is 12.1 Å². The van der Waals surface area contributed by atoms with E-state index in [0.29, 0.717) is 37.3 Å². The summed E-state index contributed by atoms with van der Waals surface area (Å²) >= 11 is 0. The number of anilines is 1. The summed E-state index contributed by atoms with van der Waals surface area (Å²) in [5.74, 6) is -0.574. The van der Waals surface area contributed by atoms with Gasteiger partial charge < -0.3 is 25.0 Å². The Morgan fingerprint density at radius 1 is 1.38 bits per heavy atom. The van der Waals surface area contributed by atoms with Crippen LogP contribution in [0.3, 0.4) is 0 Å². The number of carbonyl (C=O) groups is 2. The van der Waals surface area contributed by atoms with Gasteiger partial charge in [-0.25, -0.2) is 9.18 Å². The first kappa shape index (κ1) is 25.6.